The fourth-order valence-corrected chi connectivity index (χ4v) is 2.18. The van der Waals surface area contributed by atoms with Crippen LogP contribution in [0.4, 0.5) is 0 Å². The predicted octanol–water partition coefficient (Wildman–Crippen LogP) is 0.224. The molecule has 1 amide bonds. The van der Waals surface area contributed by atoms with E-state index in [1.807, 2.05) is 39.0 Å². The molecule has 0 saturated carbocycles. The fraction of sp³-hybridized carbons (Fsp3) is 0.562. The van der Waals surface area contributed by atoms with Crippen molar-refractivity contribution in [3.8, 4) is 5.75 Å². The second kappa shape index (κ2) is 8.73. The number of amides is 1. The van der Waals surface area contributed by atoms with Crippen molar-refractivity contribution in [3.63, 3.8) is 0 Å². The summed E-state index contributed by atoms with van der Waals surface area (Å²) in [5, 5.41) is 11.7. The van der Waals surface area contributed by atoms with E-state index in [4.69, 9.17) is 21.3 Å². The first kappa shape index (κ1) is 18.4. The number of nitrogens with one attached hydrogen (secondary N) is 1. The van der Waals surface area contributed by atoms with E-state index in [1.54, 1.807) is 0 Å². The van der Waals surface area contributed by atoms with E-state index in [0.717, 1.165) is 5.75 Å². The van der Waals surface area contributed by atoms with Gasteiger partial charge in [0.25, 0.3) is 0 Å². The van der Waals surface area contributed by atoms with Crippen LogP contribution in [0.1, 0.15) is 24.5 Å². The largest absolute Gasteiger partial charge is 0.491 e. The van der Waals surface area contributed by atoms with Gasteiger partial charge in [0.1, 0.15) is 12.4 Å². The third kappa shape index (κ3) is 6.01. The van der Waals surface area contributed by atoms with Gasteiger partial charge in [0.15, 0.2) is 0 Å². The van der Waals surface area contributed by atoms with Crippen LogP contribution < -0.4 is 21.5 Å². The number of carbonyl (C=O) groups excluding carboxylic acids is 1. The Balaban J connectivity index is 0.000000235. The smallest absolute Gasteiger partial charge is 0.234 e. The molecule has 6 nitrogen and oxygen atoms in total. The van der Waals surface area contributed by atoms with Crippen molar-refractivity contribution in [2.45, 2.75) is 45.4 Å². The van der Waals surface area contributed by atoms with Gasteiger partial charge in [-0.1, -0.05) is 18.2 Å². The van der Waals surface area contributed by atoms with E-state index < -0.39 is 6.10 Å². The number of carbonyl (C=O) groups is 1. The molecule has 1 saturated heterocycles. The van der Waals surface area contributed by atoms with Crippen molar-refractivity contribution in [2.24, 2.45) is 11.5 Å². The molecule has 124 valence electrons. The van der Waals surface area contributed by atoms with E-state index in [-0.39, 0.29) is 18.0 Å². The second-order valence-corrected chi connectivity index (χ2v) is 5.76. The molecule has 6 N–H and O–H groups in total. The number of nitrogens with two attached hydrogens (primary N) is 2. The number of aliphatic hydroxyl groups excluding tert-OH is 1. The number of ether oxygens (including phenoxy) is 1. The molecule has 0 bridgehead atoms. The number of para-hydroxylation sites is 1. The first-order chi connectivity index (χ1) is 10.3. The molecule has 0 spiro atoms. The second-order valence-electron chi connectivity index (χ2n) is 5.76. The summed E-state index contributed by atoms with van der Waals surface area (Å²) in [6, 6.07) is 5.88. The molecule has 1 fully saturated rings. The maximum Gasteiger partial charge on any atom is 0.234 e. The molecular weight excluding hydrogens is 282 g/mol. The van der Waals surface area contributed by atoms with E-state index in [9.17, 15) is 4.79 Å². The molecule has 1 aromatic rings. The Hall–Kier alpha value is -1.63. The summed E-state index contributed by atoms with van der Waals surface area (Å²) < 4.78 is 5.60. The van der Waals surface area contributed by atoms with Crippen LogP contribution in [0.2, 0.25) is 0 Å². The molecule has 1 heterocycles. The Labute approximate surface area is 131 Å². The summed E-state index contributed by atoms with van der Waals surface area (Å²) in [7, 11) is 0. The van der Waals surface area contributed by atoms with Crippen LogP contribution in [0.15, 0.2) is 18.2 Å². The lowest BCUT2D eigenvalue weighted by Gasteiger charge is -2.13. The average Bonchev–Trinajstić information content (AvgIpc) is 2.85. The first-order valence-corrected chi connectivity index (χ1v) is 7.46. The molecule has 3 atom stereocenters. The highest BCUT2D eigenvalue weighted by molar-refractivity contribution is 5.80. The highest BCUT2D eigenvalue weighted by Gasteiger charge is 2.25. The van der Waals surface area contributed by atoms with Crippen LogP contribution in [-0.2, 0) is 4.79 Å². The summed E-state index contributed by atoms with van der Waals surface area (Å²) in [5.41, 5.74) is 12.9. The van der Waals surface area contributed by atoms with Crippen LogP contribution in [0.3, 0.4) is 0 Å². The van der Waals surface area contributed by atoms with Gasteiger partial charge in [-0.15, -0.1) is 0 Å². The van der Waals surface area contributed by atoms with Crippen molar-refractivity contribution in [2.75, 3.05) is 13.2 Å². The number of aryl methyl sites for hydroxylation is 2. The minimum atomic E-state index is -0.400. The summed E-state index contributed by atoms with van der Waals surface area (Å²) >= 11 is 0. The Kier molecular flexibility index (Phi) is 7.31. The Morgan fingerprint density at radius 1 is 1.45 bits per heavy atom. The minimum Gasteiger partial charge on any atom is -0.491 e. The lowest BCUT2D eigenvalue weighted by Crippen LogP contribution is -2.36. The Morgan fingerprint density at radius 2 is 2.05 bits per heavy atom. The molecule has 0 aliphatic carbocycles. The van der Waals surface area contributed by atoms with E-state index in [0.29, 0.717) is 19.6 Å². The number of β-amino-alcohol motifs (C(OH)–C–C–N with tert-alkyl or cyclic N) is 1. The number of hydrogen-bond acceptors (Lipinski definition) is 5. The maximum absolute atomic E-state index is 10.4. The van der Waals surface area contributed by atoms with Gasteiger partial charge in [0.05, 0.1) is 12.1 Å². The highest BCUT2D eigenvalue weighted by atomic mass is 16.5. The average molecular weight is 309 g/mol. The monoisotopic (exact) mass is 309 g/mol. The number of aliphatic hydroxyl groups is 1. The normalized spacial score (nSPS) is 21.7. The fourth-order valence-electron chi connectivity index (χ4n) is 2.18. The molecule has 2 rings (SSSR count). The predicted molar refractivity (Wildman–Crippen MR) is 86.7 cm³/mol. The SMILES string of the molecule is Cc1cccc(C)c1OCC(C)N.NC(=O)C1CC(O)CN1. The number of benzene rings is 1. The van der Waals surface area contributed by atoms with E-state index in [2.05, 4.69) is 5.32 Å². The van der Waals surface area contributed by atoms with E-state index >= 15 is 0 Å². The zero-order valence-electron chi connectivity index (χ0n) is 13.5. The first-order valence-electron chi connectivity index (χ1n) is 7.46. The molecule has 3 unspecified atom stereocenters. The summed E-state index contributed by atoms with van der Waals surface area (Å²) in [6.07, 6.45) is 0.0532. The topological polar surface area (TPSA) is 111 Å². The lowest BCUT2D eigenvalue weighted by molar-refractivity contribution is -0.119. The van der Waals surface area contributed by atoms with Gasteiger partial charge in [-0.3, -0.25) is 4.79 Å². The zero-order chi connectivity index (χ0) is 16.7. The minimum absolute atomic E-state index is 0.0824. The standard InChI is InChI=1S/C11H17NO.C5H10N2O2/c1-8-5-4-6-9(2)11(8)13-7-10(3)12;6-5(9)4-1-3(8)2-7-4/h4-6,10H,7,12H2,1-3H3;3-4,7-8H,1-2H2,(H2,6,9). The molecule has 1 aliphatic heterocycles. The third-order valence-corrected chi connectivity index (χ3v) is 3.35. The molecule has 1 aromatic carbocycles. The van der Waals surface area contributed by atoms with Crippen molar-refractivity contribution in [1.29, 1.82) is 0 Å². The summed E-state index contributed by atoms with van der Waals surface area (Å²) in [4.78, 5) is 10.4. The van der Waals surface area contributed by atoms with Crippen LogP contribution in [-0.4, -0.2) is 42.4 Å². The zero-order valence-corrected chi connectivity index (χ0v) is 13.5. The van der Waals surface area contributed by atoms with Gasteiger partial charge < -0.3 is 26.6 Å². The number of primary amides is 1. The van der Waals surface area contributed by atoms with Crippen LogP contribution >= 0.6 is 0 Å². The summed E-state index contributed by atoms with van der Waals surface area (Å²) in [5.74, 6) is 0.589. The molecule has 6 heteroatoms. The Morgan fingerprint density at radius 3 is 2.41 bits per heavy atom. The van der Waals surface area contributed by atoms with Gasteiger partial charge in [0.2, 0.25) is 5.91 Å². The van der Waals surface area contributed by atoms with Crippen LogP contribution in [0.5, 0.6) is 5.75 Å². The van der Waals surface area contributed by atoms with Gasteiger partial charge >= 0.3 is 0 Å². The molecular formula is C16H27N3O3. The van der Waals surface area contributed by atoms with Crippen LogP contribution in [0, 0.1) is 13.8 Å². The number of hydrogen-bond donors (Lipinski definition) is 4. The molecule has 0 aromatic heterocycles. The quantitative estimate of drug-likeness (QED) is 0.636. The highest BCUT2D eigenvalue weighted by Crippen LogP contribution is 2.22. The van der Waals surface area contributed by atoms with Crippen molar-refractivity contribution in [1.82, 2.24) is 5.32 Å². The van der Waals surface area contributed by atoms with Gasteiger partial charge in [-0.05, 0) is 38.3 Å². The van der Waals surface area contributed by atoms with Gasteiger partial charge in [-0.25, -0.2) is 0 Å². The van der Waals surface area contributed by atoms with Gasteiger partial charge in [0, 0.05) is 12.6 Å². The van der Waals surface area contributed by atoms with Gasteiger partial charge in [-0.2, -0.15) is 0 Å². The lowest BCUT2D eigenvalue weighted by atomic mass is 10.1. The molecule has 22 heavy (non-hydrogen) atoms. The third-order valence-electron chi connectivity index (χ3n) is 3.35. The van der Waals surface area contributed by atoms with Crippen LogP contribution in [0.25, 0.3) is 0 Å². The number of rotatable bonds is 4. The van der Waals surface area contributed by atoms with Crippen molar-refractivity contribution < 1.29 is 14.6 Å². The maximum atomic E-state index is 10.4. The van der Waals surface area contributed by atoms with Crippen molar-refractivity contribution in [3.05, 3.63) is 29.3 Å². The molecule has 0 radical (unpaired) electrons. The van der Waals surface area contributed by atoms with Crippen molar-refractivity contribution >= 4 is 5.91 Å². The molecule has 1 aliphatic rings. The van der Waals surface area contributed by atoms with E-state index in [1.165, 1.54) is 11.1 Å². The summed E-state index contributed by atoms with van der Waals surface area (Å²) in [6.45, 7) is 7.08. The Bertz CT molecular complexity index is 471.